The van der Waals surface area contributed by atoms with Gasteiger partial charge in [-0.3, -0.25) is 4.79 Å². The number of nitrogens with two attached hydrogens (primary N) is 1. The number of rotatable bonds is 5. The Morgan fingerprint density at radius 1 is 1.47 bits per heavy atom. The molecule has 0 saturated carbocycles. The van der Waals surface area contributed by atoms with Crippen LogP contribution in [0.15, 0.2) is 22.5 Å². The molecule has 0 radical (unpaired) electrons. The first-order valence-corrected chi connectivity index (χ1v) is 7.58. The predicted molar refractivity (Wildman–Crippen MR) is 68.1 cm³/mol. The third-order valence-electron chi connectivity index (χ3n) is 2.22. The summed E-state index contributed by atoms with van der Waals surface area (Å²) in [6, 6.07) is 3.13. The molecular weight excluding hydrogens is 290 g/mol. The molecule has 2 aromatic heterocycles. The van der Waals surface area contributed by atoms with Crippen LogP contribution < -0.4 is 10.5 Å². The van der Waals surface area contributed by atoms with Gasteiger partial charge in [-0.2, -0.15) is 15.4 Å². The minimum atomic E-state index is -3.65. The third kappa shape index (κ3) is 3.59. The number of primary sulfonamides is 1. The van der Waals surface area contributed by atoms with E-state index in [1.807, 2.05) is 0 Å². The summed E-state index contributed by atoms with van der Waals surface area (Å²) in [5.74, 6) is -0.336. The van der Waals surface area contributed by atoms with E-state index in [1.54, 1.807) is 6.07 Å². The van der Waals surface area contributed by atoms with Crippen molar-refractivity contribution in [3.05, 3.63) is 28.9 Å². The number of hydrogen-bond acceptors (Lipinski definition) is 6. The van der Waals surface area contributed by atoms with Crippen molar-refractivity contribution in [3.63, 3.8) is 0 Å². The Labute approximate surface area is 113 Å². The molecule has 0 bridgehead atoms. The molecule has 0 aliphatic carbocycles. The summed E-state index contributed by atoms with van der Waals surface area (Å²) in [5.41, 5.74) is 0.205. The molecule has 0 fully saturated rings. The lowest BCUT2D eigenvalue weighted by atomic mass is 10.3. The molecule has 0 saturated heterocycles. The first-order chi connectivity index (χ1) is 8.97. The molecule has 0 spiro atoms. The van der Waals surface area contributed by atoms with Crippen molar-refractivity contribution in [2.45, 2.75) is 10.6 Å². The van der Waals surface area contributed by atoms with E-state index in [-0.39, 0.29) is 15.8 Å². The van der Waals surface area contributed by atoms with E-state index in [0.29, 0.717) is 13.0 Å². The number of carbonyl (C=O) groups excluding carboxylic acids is 1. The number of nitrogens with one attached hydrogen (secondary N) is 2. The lowest BCUT2D eigenvalue weighted by Gasteiger charge is -2.00. The quantitative estimate of drug-likeness (QED) is 0.684. The minimum Gasteiger partial charge on any atom is -0.350 e. The van der Waals surface area contributed by atoms with Crippen LogP contribution in [-0.2, 0) is 16.4 Å². The number of aromatic amines is 1. The highest BCUT2D eigenvalue weighted by atomic mass is 32.2. The van der Waals surface area contributed by atoms with E-state index >= 15 is 0 Å². The zero-order valence-corrected chi connectivity index (χ0v) is 11.3. The van der Waals surface area contributed by atoms with Gasteiger partial charge in [0.05, 0.1) is 6.20 Å². The minimum absolute atomic E-state index is 0.116. The maximum Gasteiger partial charge on any atom is 0.273 e. The highest BCUT2D eigenvalue weighted by Crippen LogP contribution is 2.20. The summed E-state index contributed by atoms with van der Waals surface area (Å²) in [6.45, 7) is 0.371. The fourth-order valence-corrected chi connectivity index (χ4v) is 3.12. The zero-order chi connectivity index (χ0) is 13.9. The number of hydrogen-bond donors (Lipinski definition) is 3. The molecule has 10 heteroatoms. The fourth-order valence-electron chi connectivity index (χ4n) is 1.35. The Kier molecular flexibility index (Phi) is 3.93. The number of aromatic nitrogens is 3. The Bertz CT molecular complexity index is 662. The average molecular weight is 301 g/mol. The van der Waals surface area contributed by atoms with Gasteiger partial charge in [-0.1, -0.05) is 0 Å². The number of sulfonamides is 1. The molecular formula is C9H11N5O3S2. The van der Waals surface area contributed by atoms with Gasteiger partial charge < -0.3 is 5.32 Å². The van der Waals surface area contributed by atoms with Crippen LogP contribution >= 0.6 is 11.3 Å². The van der Waals surface area contributed by atoms with Crippen LogP contribution in [0.2, 0.25) is 0 Å². The van der Waals surface area contributed by atoms with Gasteiger partial charge in [0.1, 0.15) is 4.21 Å². The lowest BCUT2D eigenvalue weighted by molar-refractivity contribution is 0.0949. The van der Waals surface area contributed by atoms with E-state index in [2.05, 4.69) is 20.7 Å². The van der Waals surface area contributed by atoms with E-state index in [0.717, 1.165) is 16.2 Å². The number of nitrogens with zero attached hydrogens (tertiary/aromatic N) is 2. The molecule has 8 nitrogen and oxygen atoms in total. The van der Waals surface area contributed by atoms with Crippen LogP contribution in [0.5, 0.6) is 0 Å². The van der Waals surface area contributed by atoms with Crippen molar-refractivity contribution >= 4 is 27.3 Å². The molecule has 1 amide bonds. The summed E-state index contributed by atoms with van der Waals surface area (Å²) in [7, 11) is -3.65. The molecule has 2 heterocycles. The van der Waals surface area contributed by atoms with E-state index in [1.165, 1.54) is 12.3 Å². The lowest BCUT2D eigenvalue weighted by Crippen LogP contribution is -2.25. The smallest absolute Gasteiger partial charge is 0.273 e. The number of amides is 1. The van der Waals surface area contributed by atoms with Gasteiger partial charge in [0, 0.05) is 11.4 Å². The van der Waals surface area contributed by atoms with E-state index in [4.69, 9.17) is 5.14 Å². The van der Waals surface area contributed by atoms with Gasteiger partial charge in [0.15, 0.2) is 5.69 Å². The Morgan fingerprint density at radius 2 is 2.26 bits per heavy atom. The third-order valence-corrected chi connectivity index (χ3v) is 4.81. The van der Waals surface area contributed by atoms with Crippen LogP contribution in [0.1, 0.15) is 15.4 Å². The molecule has 0 aromatic carbocycles. The molecule has 2 rings (SSSR count). The van der Waals surface area contributed by atoms with Crippen LogP contribution in [0.25, 0.3) is 0 Å². The Balaban J connectivity index is 1.86. The van der Waals surface area contributed by atoms with E-state index in [9.17, 15) is 13.2 Å². The predicted octanol–water partition coefficient (Wildman–Crippen LogP) is -0.514. The topological polar surface area (TPSA) is 131 Å². The highest BCUT2D eigenvalue weighted by molar-refractivity contribution is 7.91. The Morgan fingerprint density at radius 3 is 2.84 bits per heavy atom. The number of carbonyl (C=O) groups is 1. The molecule has 0 aliphatic rings. The van der Waals surface area contributed by atoms with Crippen molar-refractivity contribution in [3.8, 4) is 0 Å². The molecule has 4 N–H and O–H groups in total. The average Bonchev–Trinajstić information content (AvgIpc) is 2.99. The van der Waals surface area contributed by atoms with Crippen LogP contribution in [0.3, 0.4) is 0 Å². The van der Waals surface area contributed by atoms with Gasteiger partial charge in [0.2, 0.25) is 10.0 Å². The van der Waals surface area contributed by atoms with Gasteiger partial charge in [-0.15, -0.1) is 11.3 Å². The molecule has 19 heavy (non-hydrogen) atoms. The fraction of sp³-hybridized carbons (Fsp3) is 0.222. The second-order valence-electron chi connectivity index (χ2n) is 3.63. The highest BCUT2D eigenvalue weighted by Gasteiger charge is 2.12. The van der Waals surface area contributed by atoms with Gasteiger partial charge in [-0.05, 0) is 18.6 Å². The van der Waals surface area contributed by atoms with Gasteiger partial charge in [0.25, 0.3) is 5.91 Å². The second-order valence-corrected chi connectivity index (χ2v) is 6.58. The molecule has 0 aliphatic heterocycles. The SMILES string of the molecule is NS(=O)(=O)c1ccc(CCNC(=O)c2cn[nH]n2)s1. The van der Waals surface area contributed by atoms with Gasteiger partial charge in [-0.25, -0.2) is 13.6 Å². The molecule has 102 valence electrons. The monoisotopic (exact) mass is 301 g/mol. The van der Waals surface area contributed by atoms with Crippen molar-refractivity contribution in [2.24, 2.45) is 5.14 Å². The zero-order valence-electron chi connectivity index (χ0n) is 9.66. The van der Waals surface area contributed by atoms with Crippen LogP contribution in [-0.4, -0.2) is 36.3 Å². The van der Waals surface area contributed by atoms with Crippen LogP contribution in [0.4, 0.5) is 0 Å². The van der Waals surface area contributed by atoms with Crippen molar-refractivity contribution in [1.29, 1.82) is 0 Å². The van der Waals surface area contributed by atoms with Crippen molar-refractivity contribution < 1.29 is 13.2 Å². The molecule has 2 aromatic rings. The van der Waals surface area contributed by atoms with Crippen molar-refractivity contribution in [2.75, 3.05) is 6.54 Å². The maximum atomic E-state index is 11.5. The first kappa shape index (κ1) is 13.6. The Hall–Kier alpha value is -1.78. The van der Waals surface area contributed by atoms with Crippen LogP contribution in [0, 0.1) is 0 Å². The summed E-state index contributed by atoms with van der Waals surface area (Å²) < 4.78 is 22.3. The van der Waals surface area contributed by atoms with Crippen molar-refractivity contribution in [1.82, 2.24) is 20.7 Å². The molecule has 0 atom stereocenters. The number of H-pyrrole nitrogens is 1. The normalized spacial score (nSPS) is 11.4. The molecule has 0 unspecified atom stereocenters. The first-order valence-electron chi connectivity index (χ1n) is 5.22. The van der Waals surface area contributed by atoms with Gasteiger partial charge >= 0.3 is 0 Å². The largest absolute Gasteiger partial charge is 0.350 e. The summed E-state index contributed by atoms with van der Waals surface area (Å²) in [6.07, 6.45) is 1.84. The summed E-state index contributed by atoms with van der Waals surface area (Å²) >= 11 is 1.09. The summed E-state index contributed by atoms with van der Waals surface area (Å²) in [5, 5.41) is 17.2. The standard InChI is InChI=1S/C9H11N5O3S2/c10-19(16,17)8-2-1-6(18-8)3-4-11-9(15)7-5-12-14-13-7/h1-2,5H,3-4H2,(H,11,15)(H2,10,16,17)(H,12,13,14). The second kappa shape index (κ2) is 5.47. The number of thiophene rings is 1. The maximum absolute atomic E-state index is 11.5. The van der Waals surface area contributed by atoms with E-state index < -0.39 is 10.0 Å². The summed E-state index contributed by atoms with van der Waals surface area (Å²) in [4.78, 5) is 12.3.